The molecule has 2 nitrogen and oxygen atoms in total. The standard InChI is InChI=1S/C16H12Cl2N2S/c17-11-5-7-12(8-6-11)20-10-9-15(19-16(20)21)13-3-1-2-4-14(13)18/h1-9H,10H2,(H,19,21). The van der Waals surface area contributed by atoms with E-state index >= 15 is 0 Å². The summed E-state index contributed by atoms with van der Waals surface area (Å²) in [6.07, 6.45) is 2.08. The zero-order valence-corrected chi connectivity index (χ0v) is 13.3. The van der Waals surface area contributed by atoms with Gasteiger partial charge in [-0.2, -0.15) is 0 Å². The predicted octanol–water partition coefficient (Wildman–Crippen LogP) is 4.73. The zero-order valence-electron chi connectivity index (χ0n) is 11.0. The molecule has 0 spiro atoms. The van der Waals surface area contributed by atoms with Crippen LogP contribution in [0.1, 0.15) is 5.56 Å². The van der Waals surface area contributed by atoms with E-state index in [9.17, 15) is 0 Å². The highest BCUT2D eigenvalue weighted by Crippen LogP contribution is 2.26. The van der Waals surface area contributed by atoms with Gasteiger partial charge >= 0.3 is 0 Å². The summed E-state index contributed by atoms with van der Waals surface area (Å²) in [4.78, 5) is 2.01. The summed E-state index contributed by atoms with van der Waals surface area (Å²) < 4.78 is 0. The van der Waals surface area contributed by atoms with Crippen LogP contribution in [-0.4, -0.2) is 11.7 Å². The number of benzene rings is 2. The summed E-state index contributed by atoms with van der Waals surface area (Å²) in [6, 6.07) is 15.3. The Morgan fingerprint density at radius 1 is 1.00 bits per heavy atom. The van der Waals surface area contributed by atoms with E-state index in [1.54, 1.807) is 0 Å². The maximum atomic E-state index is 6.22. The molecule has 1 aliphatic rings. The van der Waals surface area contributed by atoms with E-state index in [0.717, 1.165) is 16.9 Å². The fourth-order valence-corrected chi connectivity index (χ4v) is 2.85. The third-order valence-electron chi connectivity index (χ3n) is 3.27. The molecule has 0 aliphatic carbocycles. The summed E-state index contributed by atoms with van der Waals surface area (Å²) in [7, 11) is 0. The van der Waals surface area contributed by atoms with Crippen LogP contribution in [0.2, 0.25) is 10.0 Å². The normalized spacial score (nSPS) is 14.7. The molecule has 1 heterocycles. The minimum Gasteiger partial charge on any atom is -0.332 e. The first kappa shape index (κ1) is 14.4. The Morgan fingerprint density at radius 2 is 1.71 bits per heavy atom. The van der Waals surface area contributed by atoms with E-state index < -0.39 is 0 Å². The Kier molecular flexibility index (Phi) is 4.15. The molecule has 1 N–H and O–H groups in total. The number of nitrogens with one attached hydrogen (secondary N) is 1. The van der Waals surface area contributed by atoms with Crippen LogP contribution in [0, 0.1) is 0 Å². The van der Waals surface area contributed by atoms with Crippen LogP contribution >= 0.6 is 35.4 Å². The molecule has 5 heteroatoms. The molecule has 3 rings (SSSR count). The predicted molar refractivity (Wildman–Crippen MR) is 94.0 cm³/mol. The average Bonchev–Trinajstić information content (AvgIpc) is 2.49. The maximum Gasteiger partial charge on any atom is 0.178 e. The minimum absolute atomic E-state index is 0.648. The number of rotatable bonds is 2. The monoisotopic (exact) mass is 334 g/mol. The number of hydrogen-bond donors (Lipinski definition) is 1. The SMILES string of the molecule is S=C1NC(c2ccccc2Cl)=CCN1c1ccc(Cl)cc1. The van der Waals surface area contributed by atoms with E-state index in [0.29, 0.717) is 21.7 Å². The highest BCUT2D eigenvalue weighted by molar-refractivity contribution is 7.80. The number of anilines is 1. The highest BCUT2D eigenvalue weighted by Gasteiger charge is 2.19. The maximum absolute atomic E-state index is 6.22. The molecule has 0 saturated heterocycles. The molecule has 2 aromatic rings. The van der Waals surface area contributed by atoms with Crippen molar-refractivity contribution < 1.29 is 0 Å². The number of nitrogens with zero attached hydrogens (tertiary/aromatic N) is 1. The molecule has 0 unspecified atom stereocenters. The van der Waals surface area contributed by atoms with Gasteiger partial charge in [-0.3, -0.25) is 0 Å². The molecule has 0 radical (unpaired) electrons. The van der Waals surface area contributed by atoms with Gasteiger partial charge in [-0.05, 0) is 48.6 Å². The molecule has 0 aromatic heterocycles. The molecule has 21 heavy (non-hydrogen) atoms. The van der Waals surface area contributed by atoms with E-state index in [-0.39, 0.29) is 0 Å². The molecular weight excluding hydrogens is 323 g/mol. The lowest BCUT2D eigenvalue weighted by Crippen LogP contribution is -2.42. The van der Waals surface area contributed by atoms with Gasteiger partial charge < -0.3 is 10.2 Å². The smallest absolute Gasteiger partial charge is 0.178 e. The highest BCUT2D eigenvalue weighted by atomic mass is 35.5. The van der Waals surface area contributed by atoms with E-state index in [4.69, 9.17) is 35.4 Å². The van der Waals surface area contributed by atoms with E-state index in [1.165, 1.54) is 0 Å². The lowest BCUT2D eigenvalue weighted by molar-refractivity contribution is 1.06. The lowest BCUT2D eigenvalue weighted by atomic mass is 10.1. The molecule has 1 aliphatic heterocycles. The first-order valence-corrected chi connectivity index (χ1v) is 7.61. The van der Waals surface area contributed by atoms with Crippen LogP contribution in [-0.2, 0) is 0 Å². The molecule has 106 valence electrons. The van der Waals surface area contributed by atoms with Gasteiger partial charge in [0.1, 0.15) is 0 Å². The van der Waals surface area contributed by atoms with Gasteiger partial charge in [-0.15, -0.1) is 0 Å². The zero-order chi connectivity index (χ0) is 14.8. The summed E-state index contributed by atoms with van der Waals surface area (Å²) in [5.41, 5.74) is 2.90. The van der Waals surface area contributed by atoms with Crippen molar-refractivity contribution in [2.24, 2.45) is 0 Å². The lowest BCUT2D eigenvalue weighted by Gasteiger charge is -2.30. The van der Waals surface area contributed by atoms with Crippen molar-refractivity contribution in [2.75, 3.05) is 11.4 Å². The summed E-state index contributed by atoms with van der Waals surface area (Å²) in [5.74, 6) is 0. The van der Waals surface area contributed by atoms with Crippen molar-refractivity contribution in [2.45, 2.75) is 0 Å². The Morgan fingerprint density at radius 3 is 2.38 bits per heavy atom. The van der Waals surface area contributed by atoms with Gasteiger partial charge in [-0.1, -0.05) is 41.4 Å². The molecular formula is C16H12Cl2N2S. The first-order chi connectivity index (χ1) is 10.1. The first-order valence-electron chi connectivity index (χ1n) is 6.44. The Labute approximate surface area is 139 Å². The average molecular weight is 335 g/mol. The van der Waals surface area contributed by atoms with Gasteiger partial charge in [-0.25, -0.2) is 0 Å². The van der Waals surface area contributed by atoms with Crippen molar-refractivity contribution in [1.82, 2.24) is 5.32 Å². The Balaban J connectivity index is 1.87. The van der Waals surface area contributed by atoms with Crippen molar-refractivity contribution in [3.63, 3.8) is 0 Å². The van der Waals surface area contributed by atoms with Crippen LogP contribution in [0.5, 0.6) is 0 Å². The van der Waals surface area contributed by atoms with Gasteiger partial charge in [0.2, 0.25) is 0 Å². The summed E-state index contributed by atoms with van der Waals surface area (Å²) in [6.45, 7) is 0.689. The molecule has 0 bridgehead atoms. The van der Waals surface area contributed by atoms with Gasteiger partial charge in [0, 0.05) is 33.5 Å². The second-order valence-electron chi connectivity index (χ2n) is 4.61. The van der Waals surface area contributed by atoms with E-state index in [2.05, 4.69) is 11.4 Å². The van der Waals surface area contributed by atoms with Crippen molar-refractivity contribution in [1.29, 1.82) is 0 Å². The molecule has 0 fully saturated rings. The van der Waals surface area contributed by atoms with Crippen LogP contribution in [0.15, 0.2) is 54.6 Å². The molecule has 0 saturated carbocycles. The van der Waals surface area contributed by atoms with Crippen molar-refractivity contribution in [3.8, 4) is 0 Å². The van der Waals surface area contributed by atoms with Gasteiger partial charge in [0.15, 0.2) is 5.11 Å². The minimum atomic E-state index is 0.648. The third-order valence-corrected chi connectivity index (χ3v) is 4.17. The quantitative estimate of drug-likeness (QED) is 0.799. The fraction of sp³-hybridized carbons (Fsp3) is 0.0625. The molecule has 0 atom stereocenters. The second-order valence-corrected chi connectivity index (χ2v) is 5.85. The molecule has 0 amide bonds. The summed E-state index contributed by atoms with van der Waals surface area (Å²) in [5, 5.41) is 5.30. The topological polar surface area (TPSA) is 15.3 Å². The van der Waals surface area contributed by atoms with Gasteiger partial charge in [0.25, 0.3) is 0 Å². The van der Waals surface area contributed by atoms with Crippen molar-refractivity contribution >= 4 is 51.9 Å². The Bertz CT molecular complexity index is 710. The summed E-state index contributed by atoms with van der Waals surface area (Å²) >= 11 is 17.6. The second kappa shape index (κ2) is 6.06. The van der Waals surface area contributed by atoms with E-state index in [1.807, 2.05) is 53.4 Å². The third kappa shape index (κ3) is 3.05. The van der Waals surface area contributed by atoms with Crippen LogP contribution in [0.4, 0.5) is 5.69 Å². The number of thiocarbonyl (C=S) groups is 1. The largest absolute Gasteiger partial charge is 0.332 e. The van der Waals surface area contributed by atoms with Crippen LogP contribution in [0.3, 0.4) is 0 Å². The number of halogens is 2. The fourth-order valence-electron chi connectivity index (χ4n) is 2.20. The molecule has 2 aromatic carbocycles. The van der Waals surface area contributed by atoms with Crippen LogP contribution < -0.4 is 10.2 Å². The van der Waals surface area contributed by atoms with Gasteiger partial charge in [0.05, 0.1) is 0 Å². The van der Waals surface area contributed by atoms with Crippen molar-refractivity contribution in [3.05, 3.63) is 70.2 Å². The Hall–Kier alpha value is -1.55. The number of hydrogen-bond acceptors (Lipinski definition) is 1. The van der Waals surface area contributed by atoms with Crippen LogP contribution in [0.25, 0.3) is 5.70 Å².